The first-order chi connectivity index (χ1) is 12.3. The Morgan fingerprint density at radius 1 is 0.923 bits per heavy atom. The molecule has 0 aliphatic carbocycles. The van der Waals surface area contributed by atoms with Gasteiger partial charge in [-0.3, -0.25) is 9.59 Å². The molecule has 0 radical (unpaired) electrons. The van der Waals surface area contributed by atoms with Crippen molar-refractivity contribution in [2.24, 2.45) is 0 Å². The first-order valence-corrected chi connectivity index (χ1v) is 8.56. The number of nitrogens with one attached hydrogen (secondary N) is 3. The third-order valence-corrected chi connectivity index (χ3v) is 4.15. The van der Waals surface area contributed by atoms with E-state index in [0.717, 1.165) is 16.5 Å². The van der Waals surface area contributed by atoms with Crippen LogP contribution in [0.1, 0.15) is 47.1 Å². The predicted molar refractivity (Wildman–Crippen MR) is 105 cm³/mol. The number of H-pyrrole nitrogens is 1. The fourth-order valence-corrected chi connectivity index (χ4v) is 2.87. The standard InChI is InChI=1S/C21H23N3O2/c1-13-14(20(26)24-21(2,3)4)9-7-11-17(13)23-19(25)16-12-22-18-10-6-5-8-15(16)18/h5-12,22H,1-4H3,(H,23,25)(H,24,26). The van der Waals surface area contributed by atoms with Crippen LogP contribution < -0.4 is 10.6 Å². The molecule has 0 fully saturated rings. The summed E-state index contributed by atoms with van der Waals surface area (Å²) in [6, 6.07) is 13.0. The number of hydrogen-bond donors (Lipinski definition) is 3. The molecular formula is C21H23N3O2. The van der Waals surface area contributed by atoms with Gasteiger partial charge in [-0.25, -0.2) is 0 Å². The zero-order chi connectivity index (χ0) is 18.9. The van der Waals surface area contributed by atoms with Gasteiger partial charge < -0.3 is 15.6 Å². The van der Waals surface area contributed by atoms with Crippen LogP contribution in [0.2, 0.25) is 0 Å². The third-order valence-electron chi connectivity index (χ3n) is 4.15. The average molecular weight is 349 g/mol. The molecule has 3 N–H and O–H groups in total. The number of para-hydroxylation sites is 1. The van der Waals surface area contributed by atoms with E-state index < -0.39 is 0 Å². The number of amides is 2. The predicted octanol–water partition coefficient (Wildman–Crippen LogP) is 4.26. The summed E-state index contributed by atoms with van der Waals surface area (Å²) in [6.45, 7) is 7.64. The summed E-state index contributed by atoms with van der Waals surface area (Å²) < 4.78 is 0. The number of aromatic amines is 1. The fourth-order valence-electron chi connectivity index (χ4n) is 2.87. The van der Waals surface area contributed by atoms with E-state index in [1.807, 2.05) is 52.0 Å². The van der Waals surface area contributed by atoms with Crippen molar-refractivity contribution in [3.63, 3.8) is 0 Å². The van der Waals surface area contributed by atoms with Crippen molar-refractivity contribution in [1.29, 1.82) is 0 Å². The van der Waals surface area contributed by atoms with Gasteiger partial charge in [-0.1, -0.05) is 24.3 Å². The van der Waals surface area contributed by atoms with Crippen LogP contribution in [0.5, 0.6) is 0 Å². The highest BCUT2D eigenvalue weighted by molar-refractivity contribution is 6.13. The van der Waals surface area contributed by atoms with Crippen molar-refractivity contribution in [2.75, 3.05) is 5.32 Å². The van der Waals surface area contributed by atoms with Crippen molar-refractivity contribution in [3.8, 4) is 0 Å². The van der Waals surface area contributed by atoms with Crippen LogP contribution in [-0.4, -0.2) is 22.3 Å². The average Bonchev–Trinajstić information content (AvgIpc) is 2.99. The topological polar surface area (TPSA) is 74.0 Å². The Balaban J connectivity index is 1.87. The van der Waals surface area contributed by atoms with Crippen LogP contribution in [-0.2, 0) is 0 Å². The number of anilines is 1. The van der Waals surface area contributed by atoms with Gasteiger partial charge in [0, 0.05) is 33.9 Å². The van der Waals surface area contributed by atoms with Gasteiger partial charge in [-0.15, -0.1) is 0 Å². The molecule has 0 atom stereocenters. The van der Waals surface area contributed by atoms with Gasteiger partial charge in [0.1, 0.15) is 0 Å². The molecule has 0 aliphatic heterocycles. The van der Waals surface area contributed by atoms with Gasteiger partial charge >= 0.3 is 0 Å². The van der Waals surface area contributed by atoms with Gasteiger partial charge in [-0.05, 0) is 51.5 Å². The van der Waals surface area contributed by atoms with Gasteiger partial charge in [0.2, 0.25) is 0 Å². The van der Waals surface area contributed by atoms with Crippen LogP contribution in [0.3, 0.4) is 0 Å². The Kier molecular flexibility index (Phi) is 4.55. The largest absolute Gasteiger partial charge is 0.360 e. The Bertz CT molecular complexity index is 980. The van der Waals surface area contributed by atoms with Crippen molar-refractivity contribution in [3.05, 3.63) is 65.4 Å². The van der Waals surface area contributed by atoms with E-state index in [1.54, 1.807) is 24.4 Å². The number of carbonyl (C=O) groups excluding carboxylic acids is 2. The Morgan fingerprint density at radius 2 is 1.65 bits per heavy atom. The number of rotatable bonds is 3. The fraction of sp³-hybridized carbons (Fsp3) is 0.238. The van der Waals surface area contributed by atoms with Gasteiger partial charge in [0.05, 0.1) is 5.56 Å². The smallest absolute Gasteiger partial charge is 0.257 e. The zero-order valence-electron chi connectivity index (χ0n) is 15.4. The van der Waals surface area contributed by atoms with Crippen molar-refractivity contribution < 1.29 is 9.59 Å². The van der Waals surface area contributed by atoms with E-state index in [0.29, 0.717) is 16.8 Å². The van der Waals surface area contributed by atoms with E-state index in [9.17, 15) is 9.59 Å². The minimum Gasteiger partial charge on any atom is -0.360 e. The van der Waals surface area contributed by atoms with Gasteiger partial charge in [0.15, 0.2) is 0 Å². The van der Waals surface area contributed by atoms with Crippen molar-refractivity contribution in [2.45, 2.75) is 33.2 Å². The highest BCUT2D eigenvalue weighted by Crippen LogP contribution is 2.23. The second kappa shape index (κ2) is 6.67. The van der Waals surface area contributed by atoms with E-state index in [4.69, 9.17) is 0 Å². The molecule has 0 saturated heterocycles. The van der Waals surface area contributed by atoms with E-state index in [2.05, 4.69) is 15.6 Å². The maximum absolute atomic E-state index is 12.7. The van der Waals surface area contributed by atoms with Crippen LogP contribution in [0.25, 0.3) is 10.9 Å². The second-order valence-corrected chi connectivity index (χ2v) is 7.38. The molecular weight excluding hydrogens is 326 g/mol. The molecule has 0 aliphatic rings. The van der Waals surface area contributed by atoms with Crippen molar-refractivity contribution in [1.82, 2.24) is 10.3 Å². The molecule has 3 rings (SSSR count). The molecule has 134 valence electrons. The van der Waals surface area contributed by atoms with E-state index in [1.165, 1.54) is 0 Å². The molecule has 26 heavy (non-hydrogen) atoms. The molecule has 2 aromatic carbocycles. The number of fused-ring (bicyclic) bond motifs is 1. The number of benzene rings is 2. The minimum absolute atomic E-state index is 0.154. The molecule has 1 heterocycles. The van der Waals surface area contributed by atoms with Gasteiger partial charge in [0.25, 0.3) is 11.8 Å². The third kappa shape index (κ3) is 3.61. The Morgan fingerprint density at radius 3 is 2.38 bits per heavy atom. The molecule has 2 amide bonds. The molecule has 0 spiro atoms. The summed E-state index contributed by atoms with van der Waals surface area (Å²) in [5.41, 5.74) is 3.07. The van der Waals surface area contributed by atoms with Crippen LogP contribution in [0, 0.1) is 6.92 Å². The lowest BCUT2D eigenvalue weighted by Crippen LogP contribution is -2.40. The lowest BCUT2D eigenvalue weighted by molar-refractivity contribution is 0.0918. The van der Waals surface area contributed by atoms with Gasteiger partial charge in [-0.2, -0.15) is 0 Å². The molecule has 0 bridgehead atoms. The Hall–Kier alpha value is -3.08. The minimum atomic E-state index is -0.327. The lowest BCUT2D eigenvalue weighted by Gasteiger charge is -2.21. The molecule has 0 unspecified atom stereocenters. The lowest BCUT2D eigenvalue weighted by atomic mass is 10.0. The SMILES string of the molecule is Cc1c(NC(=O)c2c[nH]c3ccccc23)cccc1C(=O)NC(C)(C)C. The highest BCUT2D eigenvalue weighted by Gasteiger charge is 2.19. The van der Waals surface area contributed by atoms with Crippen LogP contribution >= 0.6 is 0 Å². The maximum Gasteiger partial charge on any atom is 0.257 e. The maximum atomic E-state index is 12.7. The first-order valence-electron chi connectivity index (χ1n) is 8.56. The summed E-state index contributed by atoms with van der Waals surface area (Å²) in [6.07, 6.45) is 1.70. The summed E-state index contributed by atoms with van der Waals surface area (Å²) >= 11 is 0. The first kappa shape index (κ1) is 17.7. The second-order valence-electron chi connectivity index (χ2n) is 7.38. The monoisotopic (exact) mass is 349 g/mol. The molecule has 5 heteroatoms. The van der Waals surface area contributed by atoms with Crippen LogP contribution in [0.4, 0.5) is 5.69 Å². The van der Waals surface area contributed by atoms with E-state index in [-0.39, 0.29) is 17.4 Å². The summed E-state index contributed by atoms with van der Waals surface area (Å²) in [7, 11) is 0. The summed E-state index contributed by atoms with van der Waals surface area (Å²) in [4.78, 5) is 28.3. The molecule has 5 nitrogen and oxygen atoms in total. The van der Waals surface area contributed by atoms with E-state index >= 15 is 0 Å². The number of carbonyl (C=O) groups is 2. The quantitative estimate of drug-likeness (QED) is 0.661. The summed E-state index contributed by atoms with van der Waals surface area (Å²) in [5.74, 6) is -0.364. The molecule has 3 aromatic rings. The number of hydrogen-bond acceptors (Lipinski definition) is 2. The molecule has 0 saturated carbocycles. The molecule has 1 aromatic heterocycles. The Labute approximate surface area is 152 Å². The van der Waals surface area contributed by atoms with Crippen LogP contribution in [0.15, 0.2) is 48.7 Å². The summed E-state index contributed by atoms with van der Waals surface area (Å²) in [5, 5.41) is 6.74. The highest BCUT2D eigenvalue weighted by atomic mass is 16.2. The van der Waals surface area contributed by atoms with Crippen molar-refractivity contribution >= 4 is 28.4 Å². The zero-order valence-corrected chi connectivity index (χ0v) is 15.4. The number of aromatic nitrogens is 1. The normalized spacial score (nSPS) is 11.4.